The van der Waals surface area contributed by atoms with Crippen molar-refractivity contribution in [2.24, 2.45) is 0 Å². The number of aromatic amines is 1. The van der Waals surface area contributed by atoms with Crippen molar-refractivity contribution in [1.29, 1.82) is 0 Å². The molecule has 1 fully saturated rings. The van der Waals surface area contributed by atoms with Crippen LogP contribution >= 0.6 is 22.6 Å². The number of hydrogen-bond acceptors (Lipinski definition) is 3. The number of aliphatic hydroxyl groups is 1. The zero-order valence-corrected chi connectivity index (χ0v) is 19.9. The Hall–Kier alpha value is -2.40. The number of aryl methyl sites for hydroxylation is 1. The number of imidazole rings is 1. The Balaban J connectivity index is 1.41. The number of nitrogens with zero attached hydrogens (tertiary/aromatic N) is 2. The summed E-state index contributed by atoms with van der Waals surface area (Å²) in [5.41, 5.74) is 0.00219. The Morgan fingerprint density at radius 3 is 2.64 bits per heavy atom. The van der Waals surface area contributed by atoms with Crippen LogP contribution in [0.2, 0.25) is 0 Å². The number of nitrogens with one attached hydrogen (secondary N) is 1. The third-order valence-corrected chi connectivity index (χ3v) is 6.63. The number of carbonyl (C=O) groups is 1. The van der Waals surface area contributed by atoms with E-state index in [-0.39, 0.29) is 36.2 Å². The molecule has 1 saturated heterocycles. The van der Waals surface area contributed by atoms with E-state index >= 15 is 0 Å². The van der Waals surface area contributed by atoms with Crippen LogP contribution in [0.15, 0.2) is 42.9 Å². The molecule has 174 valence electrons. The minimum absolute atomic E-state index is 0.0202. The molecule has 0 bridgehead atoms. The number of unbranched alkanes of at least 4 members (excludes halogenated alkanes) is 1. The van der Waals surface area contributed by atoms with E-state index in [0.29, 0.717) is 9.99 Å². The number of β-amino-alcohol motifs (C(OH)–C–C–N with tert-alkyl or cyclic N) is 1. The largest absolute Gasteiger partial charge is 0.386 e. The van der Waals surface area contributed by atoms with Crippen LogP contribution < -0.4 is 0 Å². The van der Waals surface area contributed by atoms with Gasteiger partial charge in [-0.25, -0.2) is 18.2 Å². The quantitative estimate of drug-likeness (QED) is 0.308. The Morgan fingerprint density at radius 2 is 1.94 bits per heavy atom. The predicted octanol–water partition coefficient (Wildman–Crippen LogP) is 4.62. The topological polar surface area (TPSA) is 69.2 Å². The van der Waals surface area contributed by atoms with Gasteiger partial charge in [-0.2, -0.15) is 0 Å². The molecule has 0 saturated carbocycles. The second kappa shape index (κ2) is 9.84. The van der Waals surface area contributed by atoms with Crippen molar-refractivity contribution in [2.45, 2.75) is 37.7 Å². The van der Waals surface area contributed by atoms with E-state index < -0.39 is 29.0 Å². The Morgan fingerprint density at radius 1 is 1.15 bits per heavy atom. The molecule has 1 aliphatic heterocycles. The fourth-order valence-electron chi connectivity index (χ4n) is 4.15. The number of rotatable bonds is 8. The molecule has 2 N–H and O–H groups in total. The maximum absolute atomic E-state index is 14.7. The lowest BCUT2D eigenvalue weighted by Crippen LogP contribution is -2.63. The van der Waals surface area contributed by atoms with E-state index in [9.17, 15) is 23.1 Å². The van der Waals surface area contributed by atoms with Gasteiger partial charge in [0.1, 0.15) is 5.82 Å². The average Bonchev–Trinajstić information content (AvgIpc) is 3.27. The van der Waals surface area contributed by atoms with Gasteiger partial charge >= 0.3 is 0 Å². The number of halogens is 4. The molecule has 33 heavy (non-hydrogen) atoms. The molecule has 2 heterocycles. The lowest BCUT2D eigenvalue weighted by molar-refractivity contribution is -0.0869. The second-order valence-corrected chi connectivity index (χ2v) is 9.72. The first-order valence-corrected chi connectivity index (χ1v) is 11.7. The van der Waals surface area contributed by atoms with Crippen LogP contribution in [-0.2, 0) is 12.8 Å². The summed E-state index contributed by atoms with van der Waals surface area (Å²) in [6.45, 7) is 0.235. The van der Waals surface area contributed by atoms with Gasteiger partial charge < -0.3 is 15.0 Å². The van der Waals surface area contributed by atoms with E-state index in [2.05, 4.69) is 9.97 Å². The maximum atomic E-state index is 14.7. The minimum atomic E-state index is -1.16. The van der Waals surface area contributed by atoms with Crippen LogP contribution in [0.25, 0.3) is 0 Å². The summed E-state index contributed by atoms with van der Waals surface area (Å²) in [4.78, 5) is 21.4. The highest BCUT2D eigenvalue weighted by Crippen LogP contribution is 2.30. The zero-order chi connectivity index (χ0) is 23.6. The van der Waals surface area contributed by atoms with Crippen LogP contribution in [0.1, 0.15) is 46.4 Å². The fraction of sp³-hybridized carbons (Fsp3) is 0.333. The van der Waals surface area contributed by atoms with Gasteiger partial charge in [0, 0.05) is 33.0 Å². The second-order valence-electron chi connectivity index (χ2n) is 8.47. The maximum Gasteiger partial charge on any atom is 0.254 e. The van der Waals surface area contributed by atoms with E-state index in [1.165, 1.54) is 23.1 Å². The Bertz CT molecular complexity index is 1150. The SMILES string of the molecule is O=C(c1ccc(F)c(F)c1Cc1ccc(I)cc1F)N1CC(O)(CCCCc2cnc[nH]2)C1. The minimum Gasteiger partial charge on any atom is -0.386 e. The number of H-pyrrole nitrogens is 1. The van der Waals surface area contributed by atoms with Crippen molar-refractivity contribution in [3.8, 4) is 0 Å². The molecule has 4 rings (SSSR count). The van der Waals surface area contributed by atoms with Gasteiger partial charge in [0.25, 0.3) is 5.91 Å². The third kappa shape index (κ3) is 5.40. The van der Waals surface area contributed by atoms with Crippen LogP contribution in [0.4, 0.5) is 13.2 Å². The molecule has 3 aromatic rings. The number of likely N-dealkylation sites (tertiary alicyclic amines) is 1. The highest BCUT2D eigenvalue weighted by molar-refractivity contribution is 14.1. The van der Waals surface area contributed by atoms with Crippen LogP contribution in [0.3, 0.4) is 0 Å². The van der Waals surface area contributed by atoms with Gasteiger partial charge in [-0.1, -0.05) is 12.5 Å². The molecular formula is C24H23F3IN3O2. The lowest BCUT2D eigenvalue weighted by atomic mass is 9.87. The molecule has 0 atom stereocenters. The van der Waals surface area contributed by atoms with E-state index in [0.717, 1.165) is 31.0 Å². The monoisotopic (exact) mass is 569 g/mol. The molecule has 0 unspecified atom stereocenters. The number of carbonyl (C=O) groups excluding carboxylic acids is 1. The van der Waals surface area contributed by atoms with E-state index in [1.54, 1.807) is 18.6 Å². The number of aromatic nitrogens is 2. The molecule has 1 aromatic heterocycles. The van der Waals surface area contributed by atoms with Gasteiger partial charge in [0.15, 0.2) is 11.6 Å². The molecule has 2 aromatic carbocycles. The third-order valence-electron chi connectivity index (χ3n) is 5.96. The number of hydrogen-bond donors (Lipinski definition) is 2. The van der Waals surface area contributed by atoms with Gasteiger partial charge in [-0.05, 0) is 71.7 Å². The summed E-state index contributed by atoms with van der Waals surface area (Å²) in [6, 6.07) is 6.59. The highest BCUT2D eigenvalue weighted by Gasteiger charge is 2.43. The summed E-state index contributed by atoms with van der Waals surface area (Å²) in [5, 5.41) is 10.7. The molecular weight excluding hydrogens is 546 g/mol. The van der Waals surface area contributed by atoms with Crippen molar-refractivity contribution in [2.75, 3.05) is 13.1 Å². The normalized spacial score (nSPS) is 14.9. The van der Waals surface area contributed by atoms with E-state index in [1.807, 2.05) is 22.6 Å². The number of benzene rings is 2. The molecule has 0 radical (unpaired) electrons. The molecule has 0 aliphatic carbocycles. The standard InChI is InChI=1S/C24H23F3IN3O2/c25-20-7-6-18(19(22(20)27)9-15-4-5-16(28)10-21(15)26)23(32)31-12-24(33,13-31)8-2-1-3-17-11-29-14-30-17/h4-7,10-11,14,33H,1-3,8-9,12-13H2,(H,29,30). The van der Waals surface area contributed by atoms with Crippen molar-refractivity contribution in [1.82, 2.24) is 14.9 Å². The summed E-state index contributed by atoms with van der Waals surface area (Å²) in [7, 11) is 0. The molecule has 5 nitrogen and oxygen atoms in total. The van der Waals surface area contributed by atoms with Crippen molar-refractivity contribution >= 4 is 28.5 Å². The van der Waals surface area contributed by atoms with Gasteiger partial charge in [0.2, 0.25) is 0 Å². The molecule has 1 amide bonds. The molecule has 9 heteroatoms. The summed E-state index contributed by atoms with van der Waals surface area (Å²) in [5.74, 6) is -3.30. The highest BCUT2D eigenvalue weighted by atomic mass is 127. The molecule has 1 aliphatic rings. The van der Waals surface area contributed by atoms with Crippen molar-refractivity contribution in [3.63, 3.8) is 0 Å². The Labute approximate surface area is 203 Å². The lowest BCUT2D eigenvalue weighted by Gasteiger charge is -2.47. The van der Waals surface area contributed by atoms with Crippen molar-refractivity contribution < 1.29 is 23.1 Å². The smallest absolute Gasteiger partial charge is 0.254 e. The van der Waals surface area contributed by atoms with Gasteiger partial charge in [-0.3, -0.25) is 4.79 Å². The van der Waals surface area contributed by atoms with Gasteiger partial charge in [0.05, 0.1) is 25.0 Å². The first-order chi connectivity index (χ1) is 15.8. The zero-order valence-electron chi connectivity index (χ0n) is 17.8. The fourth-order valence-corrected chi connectivity index (χ4v) is 4.60. The summed E-state index contributed by atoms with van der Waals surface area (Å²) < 4.78 is 43.6. The average molecular weight is 569 g/mol. The predicted molar refractivity (Wildman–Crippen MR) is 125 cm³/mol. The summed E-state index contributed by atoms with van der Waals surface area (Å²) >= 11 is 1.96. The van der Waals surface area contributed by atoms with E-state index in [4.69, 9.17) is 0 Å². The first-order valence-electron chi connectivity index (χ1n) is 10.7. The number of amides is 1. The van der Waals surface area contributed by atoms with Crippen LogP contribution in [0.5, 0.6) is 0 Å². The van der Waals surface area contributed by atoms with Crippen LogP contribution in [0, 0.1) is 21.0 Å². The van der Waals surface area contributed by atoms with Crippen molar-refractivity contribution in [3.05, 3.63) is 86.3 Å². The Kier molecular flexibility index (Phi) is 7.08. The van der Waals surface area contributed by atoms with Crippen LogP contribution in [-0.4, -0.2) is 44.6 Å². The van der Waals surface area contributed by atoms with Gasteiger partial charge in [-0.15, -0.1) is 0 Å². The summed E-state index contributed by atoms with van der Waals surface area (Å²) in [6.07, 6.45) is 6.14. The molecule has 0 spiro atoms. The first kappa shape index (κ1) is 23.7.